The van der Waals surface area contributed by atoms with Gasteiger partial charge in [-0.15, -0.1) is 0 Å². The average molecular weight is 212 g/mol. The SMILES string of the molecule is CC(C)CCN(C)C1(CN)CCCCC1. The van der Waals surface area contributed by atoms with E-state index in [0.717, 1.165) is 12.5 Å². The van der Waals surface area contributed by atoms with E-state index in [1.165, 1.54) is 45.1 Å². The van der Waals surface area contributed by atoms with Crippen molar-refractivity contribution in [2.24, 2.45) is 11.7 Å². The number of rotatable bonds is 5. The van der Waals surface area contributed by atoms with Gasteiger partial charge in [0.25, 0.3) is 0 Å². The van der Waals surface area contributed by atoms with E-state index < -0.39 is 0 Å². The Kier molecular flexibility index (Phi) is 5.07. The Labute approximate surface area is 95.2 Å². The molecule has 0 heterocycles. The highest BCUT2D eigenvalue weighted by Crippen LogP contribution is 2.32. The fourth-order valence-electron chi connectivity index (χ4n) is 2.64. The zero-order valence-corrected chi connectivity index (χ0v) is 10.8. The first-order chi connectivity index (χ1) is 7.10. The largest absolute Gasteiger partial charge is 0.329 e. The second-order valence-corrected chi connectivity index (χ2v) is 5.59. The van der Waals surface area contributed by atoms with E-state index in [2.05, 4.69) is 25.8 Å². The van der Waals surface area contributed by atoms with Crippen LogP contribution in [0.15, 0.2) is 0 Å². The molecule has 0 radical (unpaired) electrons. The van der Waals surface area contributed by atoms with Crippen molar-refractivity contribution in [1.82, 2.24) is 4.90 Å². The summed E-state index contributed by atoms with van der Waals surface area (Å²) in [5, 5.41) is 0. The van der Waals surface area contributed by atoms with Crippen LogP contribution in [0, 0.1) is 5.92 Å². The second kappa shape index (κ2) is 5.86. The van der Waals surface area contributed by atoms with Gasteiger partial charge in [-0.3, -0.25) is 4.90 Å². The van der Waals surface area contributed by atoms with Crippen LogP contribution in [0.3, 0.4) is 0 Å². The van der Waals surface area contributed by atoms with Crippen LogP contribution >= 0.6 is 0 Å². The first-order valence-electron chi connectivity index (χ1n) is 6.52. The minimum absolute atomic E-state index is 0.327. The number of likely N-dealkylation sites (N-methyl/N-ethyl adjacent to an activating group) is 1. The highest BCUT2D eigenvalue weighted by atomic mass is 15.2. The molecule has 1 saturated carbocycles. The summed E-state index contributed by atoms with van der Waals surface area (Å²) in [6.45, 7) is 6.63. The van der Waals surface area contributed by atoms with Crippen LogP contribution in [0.2, 0.25) is 0 Å². The van der Waals surface area contributed by atoms with Crippen molar-refractivity contribution in [3.63, 3.8) is 0 Å². The van der Waals surface area contributed by atoms with E-state index in [4.69, 9.17) is 5.73 Å². The van der Waals surface area contributed by atoms with Crippen LogP contribution in [-0.4, -0.2) is 30.6 Å². The van der Waals surface area contributed by atoms with Gasteiger partial charge < -0.3 is 5.73 Å². The predicted octanol–water partition coefficient (Wildman–Crippen LogP) is 2.63. The van der Waals surface area contributed by atoms with Crippen LogP contribution in [0.4, 0.5) is 0 Å². The van der Waals surface area contributed by atoms with Crippen LogP contribution in [0.1, 0.15) is 52.4 Å². The van der Waals surface area contributed by atoms with Crippen LogP contribution in [-0.2, 0) is 0 Å². The van der Waals surface area contributed by atoms with Gasteiger partial charge in [-0.25, -0.2) is 0 Å². The number of hydrogen-bond donors (Lipinski definition) is 1. The molecule has 0 aromatic carbocycles. The summed E-state index contributed by atoms with van der Waals surface area (Å²) < 4.78 is 0. The molecule has 0 amide bonds. The average Bonchev–Trinajstić information content (AvgIpc) is 2.26. The van der Waals surface area contributed by atoms with E-state index in [1.54, 1.807) is 0 Å². The lowest BCUT2D eigenvalue weighted by atomic mass is 9.80. The Morgan fingerprint density at radius 3 is 2.27 bits per heavy atom. The summed E-state index contributed by atoms with van der Waals surface area (Å²) in [4.78, 5) is 2.53. The molecule has 0 spiro atoms. The molecule has 2 nitrogen and oxygen atoms in total. The van der Waals surface area contributed by atoms with E-state index in [-0.39, 0.29) is 0 Å². The fraction of sp³-hybridized carbons (Fsp3) is 1.00. The van der Waals surface area contributed by atoms with Gasteiger partial charge in [-0.1, -0.05) is 33.1 Å². The van der Waals surface area contributed by atoms with Gasteiger partial charge in [0, 0.05) is 12.1 Å². The molecule has 0 bridgehead atoms. The van der Waals surface area contributed by atoms with Gasteiger partial charge in [0.1, 0.15) is 0 Å². The topological polar surface area (TPSA) is 29.3 Å². The normalized spacial score (nSPS) is 21.2. The van der Waals surface area contributed by atoms with Crippen LogP contribution in [0.25, 0.3) is 0 Å². The van der Waals surface area contributed by atoms with Crippen molar-refractivity contribution in [2.75, 3.05) is 20.1 Å². The van der Waals surface area contributed by atoms with E-state index in [9.17, 15) is 0 Å². The first-order valence-corrected chi connectivity index (χ1v) is 6.52. The van der Waals surface area contributed by atoms with Gasteiger partial charge in [0.2, 0.25) is 0 Å². The third-order valence-corrected chi connectivity index (χ3v) is 4.02. The van der Waals surface area contributed by atoms with Gasteiger partial charge in [0.05, 0.1) is 0 Å². The summed E-state index contributed by atoms with van der Waals surface area (Å²) in [7, 11) is 2.26. The lowest BCUT2D eigenvalue weighted by molar-refractivity contribution is 0.0784. The highest BCUT2D eigenvalue weighted by Gasteiger charge is 2.34. The van der Waals surface area contributed by atoms with Crippen LogP contribution in [0.5, 0.6) is 0 Å². The van der Waals surface area contributed by atoms with Gasteiger partial charge in [-0.05, 0) is 38.8 Å². The highest BCUT2D eigenvalue weighted by molar-refractivity contribution is 4.92. The lowest BCUT2D eigenvalue weighted by Gasteiger charge is -2.44. The molecule has 0 aromatic rings. The maximum absolute atomic E-state index is 6.00. The maximum atomic E-state index is 6.00. The molecule has 15 heavy (non-hydrogen) atoms. The summed E-state index contributed by atoms with van der Waals surface area (Å²) in [6.07, 6.45) is 8.03. The molecule has 90 valence electrons. The Morgan fingerprint density at radius 1 is 1.20 bits per heavy atom. The van der Waals surface area contributed by atoms with Gasteiger partial charge >= 0.3 is 0 Å². The minimum atomic E-state index is 0.327. The third kappa shape index (κ3) is 3.46. The summed E-state index contributed by atoms with van der Waals surface area (Å²) >= 11 is 0. The first kappa shape index (κ1) is 13.0. The molecule has 0 atom stereocenters. The molecule has 0 aromatic heterocycles. The molecule has 1 aliphatic rings. The molecule has 2 heteroatoms. The van der Waals surface area contributed by atoms with Crippen molar-refractivity contribution in [3.05, 3.63) is 0 Å². The molecule has 1 aliphatic carbocycles. The zero-order valence-electron chi connectivity index (χ0n) is 10.8. The molecule has 0 unspecified atom stereocenters. The van der Waals surface area contributed by atoms with Crippen molar-refractivity contribution >= 4 is 0 Å². The Bertz CT molecular complexity index is 171. The molecule has 1 fully saturated rings. The van der Waals surface area contributed by atoms with Crippen molar-refractivity contribution in [3.8, 4) is 0 Å². The minimum Gasteiger partial charge on any atom is -0.329 e. The van der Waals surface area contributed by atoms with E-state index >= 15 is 0 Å². The monoisotopic (exact) mass is 212 g/mol. The van der Waals surface area contributed by atoms with Crippen LogP contribution < -0.4 is 5.73 Å². The van der Waals surface area contributed by atoms with E-state index in [1.807, 2.05) is 0 Å². The quantitative estimate of drug-likeness (QED) is 0.759. The Morgan fingerprint density at radius 2 is 1.80 bits per heavy atom. The van der Waals surface area contributed by atoms with Gasteiger partial charge in [0.15, 0.2) is 0 Å². The number of hydrogen-bond acceptors (Lipinski definition) is 2. The van der Waals surface area contributed by atoms with E-state index in [0.29, 0.717) is 5.54 Å². The molecule has 0 aliphatic heterocycles. The third-order valence-electron chi connectivity index (χ3n) is 4.02. The molecule has 2 N–H and O–H groups in total. The Balaban J connectivity index is 2.48. The summed E-state index contributed by atoms with van der Waals surface area (Å²) in [5.41, 5.74) is 6.33. The maximum Gasteiger partial charge on any atom is 0.0328 e. The number of nitrogens with two attached hydrogens (primary N) is 1. The fourth-order valence-corrected chi connectivity index (χ4v) is 2.64. The van der Waals surface area contributed by atoms with Crippen molar-refractivity contribution < 1.29 is 0 Å². The summed E-state index contributed by atoms with van der Waals surface area (Å²) in [6, 6.07) is 0. The molecular weight excluding hydrogens is 184 g/mol. The van der Waals surface area contributed by atoms with Gasteiger partial charge in [-0.2, -0.15) is 0 Å². The van der Waals surface area contributed by atoms with Crippen molar-refractivity contribution in [2.45, 2.75) is 57.9 Å². The van der Waals surface area contributed by atoms with Crippen molar-refractivity contribution in [1.29, 1.82) is 0 Å². The smallest absolute Gasteiger partial charge is 0.0328 e. The second-order valence-electron chi connectivity index (χ2n) is 5.59. The zero-order chi connectivity index (χ0) is 11.3. The Hall–Kier alpha value is -0.0800. The standard InChI is InChI=1S/C13H28N2/c1-12(2)7-10-15(3)13(11-14)8-5-4-6-9-13/h12H,4-11,14H2,1-3H3. The predicted molar refractivity (Wildman–Crippen MR) is 67.0 cm³/mol. The molecule has 0 saturated heterocycles. The summed E-state index contributed by atoms with van der Waals surface area (Å²) in [5.74, 6) is 0.797. The lowest BCUT2D eigenvalue weighted by Crippen LogP contribution is -2.53. The number of nitrogens with zero attached hydrogens (tertiary/aromatic N) is 1. The molecular formula is C13H28N2. The molecule has 1 rings (SSSR count).